The van der Waals surface area contributed by atoms with E-state index >= 15 is 0 Å². The van der Waals surface area contributed by atoms with Gasteiger partial charge in [-0.2, -0.15) is 0 Å². The monoisotopic (exact) mass is 308 g/mol. The van der Waals surface area contributed by atoms with Crippen LogP contribution in [0.1, 0.15) is 11.6 Å². The van der Waals surface area contributed by atoms with Crippen LogP contribution in [0.25, 0.3) is 11.0 Å². The number of hydrogen-bond donors (Lipinski definition) is 0. The molecule has 4 nitrogen and oxygen atoms in total. The van der Waals surface area contributed by atoms with E-state index in [1.807, 2.05) is 36.0 Å². The number of halogens is 2. The molecule has 0 unspecified atom stereocenters. The third kappa shape index (κ3) is 2.30. The van der Waals surface area contributed by atoms with Gasteiger partial charge < -0.3 is 9.13 Å². The van der Waals surface area contributed by atoms with Gasteiger partial charge in [0.2, 0.25) is 0 Å². The normalized spacial score (nSPS) is 11.3. The zero-order valence-corrected chi connectivity index (χ0v) is 12.6. The minimum Gasteiger partial charge on any atom is -0.338 e. The number of aryl methyl sites for hydroxylation is 3. The number of hydrogen-bond acceptors (Lipinski definition) is 2. The fourth-order valence-electron chi connectivity index (χ4n) is 2.36. The highest BCUT2D eigenvalue weighted by Crippen LogP contribution is 2.24. The molecule has 2 aromatic heterocycles. The van der Waals surface area contributed by atoms with Gasteiger partial charge in [-0.25, -0.2) is 9.97 Å². The molecule has 0 fully saturated rings. The Balaban J connectivity index is 1.98. The molecule has 6 heteroatoms. The third-order valence-electron chi connectivity index (χ3n) is 3.41. The summed E-state index contributed by atoms with van der Waals surface area (Å²) in [4.78, 5) is 8.86. The van der Waals surface area contributed by atoms with Crippen molar-refractivity contribution in [3.63, 3.8) is 0 Å². The Bertz CT molecular complexity index is 745. The van der Waals surface area contributed by atoms with Gasteiger partial charge in [0.05, 0.1) is 16.4 Å². The second-order valence-electron chi connectivity index (χ2n) is 4.63. The molecule has 1 aromatic carbocycles. The number of rotatable bonds is 4. The highest BCUT2D eigenvalue weighted by Gasteiger charge is 2.12. The summed E-state index contributed by atoms with van der Waals surface area (Å²) in [7, 11) is 1.99. The maximum Gasteiger partial charge on any atom is 0.124 e. The van der Waals surface area contributed by atoms with Gasteiger partial charge in [-0.05, 0) is 12.1 Å². The van der Waals surface area contributed by atoms with Crippen molar-refractivity contribution in [3.8, 4) is 0 Å². The number of imidazole rings is 2. The average Bonchev–Trinajstić information content (AvgIpc) is 3.01. The molecule has 2 heterocycles. The summed E-state index contributed by atoms with van der Waals surface area (Å²) in [5.41, 5.74) is 1.83. The number of alkyl halides is 1. The Morgan fingerprint density at radius 3 is 2.80 bits per heavy atom. The lowest BCUT2D eigenvalue weighted by molar-refractivity contribution is 0.646. The van der Waals surface area contributed by atoms with Gasteiger partial charge in [-0.3, -0.25) is 0 Å². The fourth-order valence-corrected chi connectivity index (χ4v) is 2.78. The molecule has 0 aliphatic rings. The first-order chi connectivity index (χ1) is 9.70. The molecule has 0 spiro atoms. The van der Waals surface area contributed by atoms with Crippen molar-refractivity contribution in [1.82, 2.24) is 19.1 Å². The van der Waals surface area contributed by atoms with E-state index in [4.69, 9.17) is 23.2 Å². The second-order valence-corrected chi connectivity index (χ2v) is 5.30. The maximum absolute atomic E-state index is 6.19. The Hall–Kier alpha value is -1.52. The summed E-state index contributed by atoms with van der Waals surface area (Å²) in [5.74, 6) is 2.24. The lowest BCUT2D eigenvalue weighted by atomic mass is 10.3. The van der Waals surface area contributed by atoms with Gasteiger partial charge in [0.1, 0.15) is 17.2 Å². The summed E-state index contributed by atoms with van der Waals surface area (Å²) >= 11 is 12.2. The highest BCUT2D eigenvalue weighted by atomic mass is 35.5. The van der Waals surface area contributed by atoms with Crippen LogP contribution in [0, 0.1) is 0 Å². The zero-order valence-electron chi connectivity index (χ0n) is 11.1. The number of nitrogens with zero attached hydrogens (tertiary/aromatic N) is 4. The third-order valence-corrected chi connectivity index (χ3v) is 3.95. The molecule has 0 saturated heterocycles. The van der Waals surface area contributed by atoms with Crippen LogP contribution in [0.2, 0.25) is 5.02 Å². The van der Waals surface area contributed by atoms with Crippen LogP contribution in [0.3, 0.4) is 0 Å². The molecule has 3 rings (SSSR count). The molecule has 0 saturated carbocycles. The number of fused-ring (bicyclic) bond motifs is 1. The molecular weight excluding hydrogens is 295 g/mol. The predicted octanol–water partition coefficient (Wildman–Crippen LogP) is 3.40. The van der Waals surface area contributed by atoms with Gasteiger partial charge in [-0.15, -0.1) is 11.6 Å². The highest BCUT2D eigenvalue weighted by molar-refractivity contribution is 6.35. The topological polar surface area (TPSA) is 35.6 Å². The van der Waals surface area contributed by atoms with Crippen LogP contribution in [-0.2, 0) is 25.9 Å². The Kier molecular flexibility index (Phi) is 3.68. The van der Waals surface area contributed by atoms with E-state index in [9.17, 15) is 0 Å². The quantitative estimate of drug-likeness (QED) is 0.692. The van der Waals surface area contributed by atoms with Crippen molar-refractivity contribution < 1.29 is 0 Å². The molecule has 0 bridgehead atoms. The van der Waals surface area contributed by atoms with Crippen molar-refractivity contribution in [1.29, 1.82) is 0 Å². The van der Waals surface area contributed by atoms with Crippen LogP contribution in [0.5, 0.6) is 0 Å². The molecule has 0 radical (unpaired) electrons. The number of aromatic nitrogens is 4. The standard InChI is InChI=1S/C14H14Cl2N4/c1-19-8-6-17-12(19)5-7-20-11-4-2-3-10(16)14(11)18-13(20)9-15/h2-4,6,8H,5,7,9H2,1H3. The lowest BCUT2D eigenvalue weighted by Gasteiger charge is -2.07. The summed E-state index contributed by atoms with van der Waals surface area (Å²) in [6.07, 6.45) is 4.58. The SMILES string of the molecule is Cn1ccnc1CCn1c(CCl)nc2c(Cl)cccc21. The molecule has 0 aliphatic carbocycles. The summed E-state index contributed by atoms with van der Waals surface area (Å²) in [5, 5.41) is 0.657. The molecule has 20 heavy (non-hydrogen) atoms. The second kappa shape index (κ2) is 5.46. The molecule has 0 atom stereocenters. The van der Waals surface area contributed by atoms with Crippen LogP contribution < -0.4 is 0 Å². The predicted molar refractivity (Wildman–Crippen MR) is 81.2 cm³/mol. The lowest BCUT2D eigenvalue weighted by Crippen LogP contribution is -2.08. The van der Waals surface area contributed by atoms with Crippen molar-refractivity contribution >= 4 is 34.2 Å². The Labute approximate surface area is 127 Å². The molecular formula is C14H14Cl2N4. The van der Waals surface area contributed by atoms with E-state index < -0.39 is 0 Å². The van der Waals surface area contributed by atoms with Crippen molar-refractivity contribution in [2.24, 2.45) is 7.05 Å². The van der Waals surface area contributed by atoms with E-state index in [1.54, 1.807) is 6.20 Å². The largest absolute Gasteiger partial charge is 0.338 e. The summed E-state index contributed by atoms with van der Waals surface area (Å²) in [6, 6.07) is 5.79. The van der Waals surface area contributed by atoms with Gasteiger partial charge in [0.25, 0.3) is 0 Å². The van der Waals surface area contributed by atoms with Gasteiger partial charge in [0.15, 0.2) is 0 Å². The van der Waals surface area contributed by atoms with E-state index in [1.165, 1.54) is 0 Å². The molecule has 104 valence electrons. The van der Waals surface area contributed by atoms with E-state index in [0.29, 0.717) is 10.9 Å². The zero-order chi connectivity index (χ0) is 14.1. The number of para-hydroxylation sites is 1. The van der Waals surface area contributed by atoms with Gasteiger partial charge in [0, 0.05) is 32.4 Å². The minimum absolute atomic E-state index is 0.367. The smallest absolute Gasteiger partial charge is 0.124 e. The van der Waals surface area contributed by atoms with Gasteiger partial charge in [-0.1, -0.05) is 17.7 Å². The average molecular weight is 309 g/mol. The van der Waals surface area contributed by atoms with Gasteiger partial charge >= 0.3 is 0 Å². The van der Waals surface area contributed by atoms with Crippen LogP contribution in [-0.4, -0.2) is 19.1 Å². The molecule has 0 amide bonds. The van der Waals surface area contributed by atoms with Crippen molar-refractivity contribution in [3.05, 3.63) is 47.3 Å². The first kappa shape index (κ1) is 13.5. The van der Waals surface area contributed by atoms with E-state index in [2.05, 4.69) is 14.5 Å². The van der Waals surface area contributed by atoms with Crippen molar-refractivity contribution in [2.45, 2.75) is 18.8 Å². The minimum atomic E-state index is 0.367. The first-order valence-electron chi connectivity index (χ1n) is 6.36. The Morgan fingerprint density at radius 2 is 2.10 bits per heavy atom. The van der Waals surface area contributed by atoms with E-state index in [-0.39, 0.29) is 0 Å². The molecule has 0 aliphatic heterocycles. The van der Waals surface area contributed by atoms with Crippen molar-refractivity contribution in [2.75, 3.05) is 0 Å². The molecule has 3 aromatic rings. The van der Waals surface area contributed by atoms with Crippen LogP contribution >= 0.6 is 23.2 Å². The van der Waals surface area contributed by atoms with Crippen LogP contribution in [0.15, 0.2) is 30.6 Å². The Morgan fingerprint density at radius 1 is 1.25 bits per heavy atom. The van der Waals surface area contributed by atoms with E-state index in [0.717, 1.165) is 35.6 Å². The maximum atomic E-state index is 6.19. The number of benzene rings is 1. The fraction of sp³-hybridized carbons (Fsp3) is 0.286. The molecule has 0 N–H and O–H groups in total. The first-order valence-corrected chi connectivity index (χ1v) is 7.27. The van der Waals surface area contributed by atoms with Crippen LogP contribution in [0.4, 0.5) is 0 Å². The summed E-state index contributed by atoms with van der Waals surface area (Å²) < 4.78 is 4.13. The summed E-state index contributed by atoms with van der Waals surface area (Å²) in [6.45, 7) is 0.781.